The Morgan fingerprint density at radius 2 is 2.20 bits per heavy atom. The summed E-state index contributed by atoms with van der Waals surface area (Å²) in [6.45, 7) is 0.279. The Labute approximate surface area is 116 Å². The molecule has 0 radical (unpaired) electrons. The highest BCUT2D eigenvalue weighted by Crippen LogP contribution is 2.32. The van der Waals surface area contributed by atoms with Gasteiger partial charge in [-0.3, -0.25) is 10.1 Å². The summed E-state index contributed by atoms with van der Waals surface area (Å²) in [5, 5.41) is 23.8. The molecule has 1 aromatic carbocycles. The molecule has 0 aliphatic carbocycles. The van der Waals surface area contributed by atoms with Crippen LogP contribution >= 0.6 is 11.3 Å². The molecule has 0 aliphatic rings. The van der Waals surface area contributed by atoms with E-state index in [1.54, 1.807) is 29.8 Å². The quantitative estimate of drug-likeness (QED) is 0.538. The van der Waals surface area contributed by atoms with Crippen LogP contribution < -0.4 is 0 Å². The van der Waals surface area contributed by atoms with Crippen molar-refractivity contribution in [3.63, 3.8) is 0 Å². The van der Waals surface area contributed by atoms with Crippen LogP contribution in [-0.4, -0.2) is 31.8 Å². The van der Waals surface area contributed by atoms with Crippen LogP contribution in [0.2, 0.25) is 0 Å². The van der Waals surface area contributed by atoms with E-state index >= 15 is 0 Å². The maximum atomic E-state index is 11.0. The summed E-state index contributed by atoms with van der Waals surface area (Å²) >= 11 is 1.25. The van der Waals surface area contributed by atoms with E-state index in [-0.39, 0.29) is 12.3 Å². The number of nitro benzene ring substituents is 1. The fourth-order valence-corrected chi connectivity index (χ4v) is 2.69. The minimum absolute atomic E-state index is 0.0192. The first-order chi connectivity index (χ1) is 9.70. The fraction of sp³-hybridized carbons (Fsp3) is 0.182. The Balaban J connectivity index is 2.13. The number of nitro groups is 1. The second kappa shape index (κ2) is 4.94. The van der Waals surface area contributed by atoms with Gasteiger partial charge >= 0.3 is 0 Å². The van der Waals surface area contributed by atoms with Gasteiger partial charge in [0.2, 0.25) is 4.96 Å². The van der Waals surface area contributed by atoms with Gasteiger partial charge in [0.05, 0.1) is 10.5 Å². The molecule has 0 N–H and O–H groups in total. The van der Waals surface area contributed by atoms with Gasteiger partial charge in [-0.2, -0.15) is 9.61 Å². The van der Waals surface area contributed by atoms with Gasteiger partial charge in [-0.25, -0.2) is 0 Å². The molecule has 0 saturated carbocycles. The van der Waals surface area contributed by atoms with Gasteiger partial charge in [-0.15, -0.1) is 10.2 Å². The predicted molar refractivity (Wildman–Crippen MR) is 71.5 cm³/mol. The van der Waals surface area contributed by atoms with Crippen molar-refractivity contribution >= 4 is 22.0 Å². The summed E-state index contributed by atoms with van der Waals surface area (Å²) in [5.41, 5.74) is 0.488. The molecule has 0 spiro atoms. The molecule has 2 aromatic heterocycles. The van der Waals surface area contributed by atoms with Crippen molar-refractivity contribution in [2.24, 2.45) is 0 Å². The number of para-hydroxylation sites is 1. The highest BCUT2D eigenvalue weighted by molar-refractivity contribution is 7.19. The van der Waals surface area contributed by atoms with Crippen molar-refractivity contribution in [2.75, 3.05) is 7.11 Å². The zero-order valence-corrected chi connectivity index (χ0v) is 11.2. The van der Waals surface area contributed by atoms with Crippen molar-refractivity contribution in [3.05, 3.63) is 40.2 Å². The first-order valence-corrected chi connectivity index (χ1v) is 6.46. The summed E-state index contributed by atoms with van der Waals surface area (Å²) in [5.74, 6) is 0.559. The number of nitrogens with zero attached hydrogens (tertiary/aromatic N) is 5. The van der Waals surface area contributed by atoms with Crippen LogP contribution in [0, 0.1) is 10.1 Å². The number of rotatable bonds is 4. The third-order valence-corrected chi connectivity index (χ3v) is 3.59. The van der Waals surface area contributed by atoms with E-state index in [2.05, 4.69) is 15.3 Å². The van der Waals surface area contributed by atoms with Crippen molar-refractivity contribution in [2.45, 2.75) is 6.61 Å². The van der Waals surface area contributed by atoms with Crippen LogP contribution in [-0.2, 0) is 11.3 Å². The topological polar surface area (TPSA) is 95.5 Å². The SMILES string of the molecule is COCc1nnc2sc(-c3ccccc3[N+](=O)[O-])nn12. The van der Waals surface area contributed by atoms with Crippen molar-refractivity contribution < 1.29 is 9.66 Å². The molecule has 20 heavy (non-hydrogen) atoms. The van der Waals surface area contributed by atoms with Crippen LogP contribution in [0.15, 0.2) is 24.3 Å². The van der Waals surface area contributed by atoms with Gasteiger partial charge in [0.25, 0.3) is 5.69 Å². The van der Waals surface area contributed by atoms with Crippen LogP contribution in [0.3, 0.4) is 0 Å². The maximum Gasteiger partial charge on any atom is 0.279 e. The normalized spacial score (nSPS) is 11.1. The smallest absolute Gasteiger partial charge is 0.279 e. The van der Waals surface area contributed by atoms with Crippen LogP contribution in [0.4, 0.5) is 5.69 Å². The number of benzene rings is 1. The predicted octanol–water partition coefficient (Wildman–Crippen LogP) is 1.91. The summed E-state index contributed by atoms with van der Waals surface area (Å²) in [6, 6.07) is 6.48. The molecule has 9 heteroatoms. The molecule has 2 heterocycles. The molecule has 0 aliphatic heterocycles. The number of ether oxygens (including phenoxy) is 1. The average Bonchev–Trinajstić information content (AvgIpc) is 3.01. The highest BCUT2D eigenvalue weighted by Gasteiger charge is 2.19. The summed E-state index contributed by atoms with van der Waals surface area (Å²) in [4.78, 5) is 11.2. The first-order valence-electron chi connectivity index (χ1n) is 5.64. The molecule has 3 rings (SSSR count). The van der Waals surface area contributed by atoms with E-state index in [0.717, 1.165) is 0 Å². The van der Waals surface area contributed by atoms with Gasteiger partial charge in [-0.1, -0.05) is 23.5 Å². The van der Waals surface area contributed by atoms with E-state index < -0.39 is 4.92 Å². The van der Waals surface area contributed by atoms with Crippen LogP contribution in [0.25, 0.3) is 15.5 Å². The summed E-state index contributed by atoms with van der Waals surface area (Å²) < 4.78 is 6.55. The monoisotopic (exact) mass is 291 g/mol. The second-order valence-electron chi connectivity index (χ2n) is 3.93. The molecule has 102 valence electrons. The van der Waals surface area contributed by atoms with Crippen molar-refractivity contribution in [3.8, 4) is 10.6 Å². The Kier molecular flexibility index (Phi) is 3.12. The van der Waals surface area contributed by atoms with E-state index in [9.17, 15) is 10.1 Å². The molecule has 0 saturated heterocycles. The lowest BCUT2D eigenvalue weighted by atomic mass is 10.2. The Morgan fingerprint density at radius 3 is 2.95 bits per heavy atom. The zero-order valence-electron chi connectivity index (χ0n) is 10.4. The average molecular weight is 291 g/mol. The third kappa shape index (κ3) is 2.02. The van der Waals surface area contributed by atoms with Gasteiger partial charge in [0.1, 0.15) is 6.61 Å². The molecule has 3 aromatic rings. The van der Waals surface area contributed by atoms with Crippen LogP contribution in [0.5, 0.6) is 0 Å². The van der Waals surface area contributed by atoms with Crippen molar-refractivity contribution in [1.82, 2.24) is 19.8 Å². The largest absolute Gasteiger partial charge is 0.377 e. The van der Waals surface area contributed by atoms with Gasteiger partial charge in [0, 0.05) is 13.2 Å². The molecule has 0 atom stereocenters. The Hall–Kier alpha value is -2.39. The van der Waals surface area contributed by atoms with E-state index in [0.29, 0.717) is 21.4 Å². The lowest BCUT2D eigenvalue weighted by molar-refractivity contribution is -0.384. The summed E-state index contributed by atoms with van der Waals surface area (Å²) in [6.07, 6.45) is 0. The van der Waals surface area contributed by atoms with E-state index in [4.69, 9.17) is 4.74 Å². The lowest BCUT2D eigenvalue weighted by Crippen LogP contribution is -1.98. The molecular formula is C11H9N5O3S. The third-order valence-electron chi connectivity index (χ3n) is 2.66. The molecule has 8 nitrogen and oxygen atoms in total. The fourth-order valence-electron chi connectivity index (χ4n) is 1.80. The second-order valence-corrected chi connectivity index (χ2v) is 4.88. The minimum atomic E-state index is -0.423. The number of hydrogen-bond acceptors (Lipinski definition) is 7. The van der Waals surface area contributed by atoms with Gasteiger partial charge in [0.15, 0.2) is 10.8 Å². The Morgan fingerprint density at radius 1 is 1.40 bits per heavy atom. The lowest BCUT2D eigenvalue weighted by Gasteiger charge is -1.97. The van der Waals surface area contributed by atoms with Gasteiger partial charge in [-0.05, 0) is 6.07 Å². The summed E-state index contributed by atoms with van der Waals surface area (Å²) in [7, 11) is 1.55. The zero-order chi connectivity index (χ0) is 14.1. The minimum Gasteiger partial charge on any atom is -0.377 e. The number of aromatic nitrogens is 4. The number of fused-ring (bicyclic) bond motifs is 1. The number of methoxy groups -OCH3 is 1. The molecule has 0 bridgehead atoms. The van der Waals surface area contributed by atoms with E-state index in [1.807, 2.05) is 0 Å². The maximum absolute atomic E-state index is 11.0. The standard InChI is InChI=1S/C11H9N5O3S/c1-19-6-9-12-13-11-15(9)14-10(20-11)7-4-2-3-5-8(7)16(17)18/h2-5H,6H2,1H3. The van der Waals surface area contributed by atoms with Crippen molar-refractivity contribution in [1.29, 1.82) is 0 Å². The van der Waals surface area contributed by atoms with Gasteiger partial charge < -0.3 is 4.74 Å². The van der Waals surface area contributed by atoms with E-state index in [1.165, 1.54) is 17.4 Å². The molecular weight excluding hydrogens is 282 g/mol. The Bertz CT molecular complexity index is 781. The first kappa shape index (κ1) is 12.6. The molecule has 0 fully saturated rings. The molecule has 0 amide bonds. The van der Waals surface area contributed by atoms with Crippen LogP contribution in [0.1, 0.15) is 5.82 Å². The highest BCUT2D eigenvalue weighted by atomic mass is 32.1. The molecule has 0 unspecified atom stereocenters. The number of hydrogen-bond donors (Lipinski definition) is 0.